The SMILES string of the molecule is CCOC(=O)c1ccc(N)c(N2CCOCC2C(N)=O)c1. The maximum atomic E-state index is 11.8. The van der Waals surface area contributed by atoms with Crippen LogP contribution in [0, 0.1) is 0 Å². The van der Waals surface area contributed by atoms with Crippen molar-refractivity contribution in [2.75, 3.05) is 37.0 Å². The summed E-state index contributed by atoms with van der Waals surface area (Å²) in [5.41, 5.74) is 12.8. The fourth-order valence-corrected chi connectivity index (χ4v) is 2.26. The Morgan fingerprint density at radius 2 is 2.24 bits per heavy atom. The van der Waals surface area contributed by atoms with Crippen LogP contribution >= 0.6 is 0 Å². The fourth-order valence-electron chi connectivity index (χ4n) is 2.26. The number of hydrogen-bond acceptors (Lipinski definition) is 6. The third-order valence-corrected chi connectivity index (χ3v) is 3.31. The van der Waals surface area contributed by atoms with E-state index in [-0.39, 0.29) is 6.61 Å². The molecule has 114 valence electrons. The van der Waals surface area contributed by atoms with Crippen molar-refractivity contribution in [1.82, 2.24) is 0 Å². The van der Waals surface area contributed by atoms with E-state index in [9.17, 15) is 9.59 Å². The second kappa shape index (κ2) is 6.45. The highest BCUT2D eigenvalue weighted by atomic mass is 16.5. The van der Waals surface area contributed by atoms with Crippen molar-refractivity contribution in [2.45, 2.75) is 13.0 Å². The number of hydrogen-bond donors (Lipinski definition) is 2. The molecule has 1 aliphatic rings. The molecule has 1 atom stereocenters. The lowest BCUT2D eigenvalue weighted by molar-refractivity contribution is -0.121. The van der Waals surface area contributed by atoms with E-state index in [1.807, 2.05) is 0 Å². The number of nitrogens with two attached hydrogens (primary N) is 2. The molecule has 1 aromatic carbocycles. The third-order valence-electron chi connectivity index (χ3n) is 3.31. The van der Waals surface area contributed by atoms with E-state index in [0.717, 1.165) is 0 Å². The van der Waals surface area contributed by atoms with E-state index in [2.05, 4.69) is 0 Å². The third kappa shape index (κ3) is 3.25. The van der Waals surface area contributed by atoms with Gasteiger partial charge in [0.2, 0.25) is 5.91 Å². The molecule has 1 amide bonds. The highest BCUT2D eigenvalue weighted by Crippen LogP contribution is 2.28. The molecule has 2 rings (SSSR count). The van der Waals surface area contributed by atoms with Crippen LogP contribution in [0.4, 0.5) is 11.4 Å². The van der Waals surface area contributed by atoms with Gasteiger partial charge in [-0.3, -0.25) is 4.79 Å². The van der Waals surface area contributed by atoms with Gasteiger partial charge in [-0.2, -0.15) is 0 Å². The van der Waals surface area contributed by atoms with Crippen molar-refractivity contribution in [3.8, 4) is 0 Å². The van der Waals surface area contributed by atoms with Crippen LogP contribution in [0.15, 0.2) is 18.2 Å². The topological polar surface area (TPSA) is 108 Å². The molecule has 0 bridgehead atoms. The molecular formula is C14H19N3O4. The van der Waals surface area contributed by atoms with E-state index in [0.29, 0.717) is 36.7 Å². The molecule has 0 spiro atoms. The van der Waals surface area contributed by atoms with Crippen molar-refractivity contribution in [3.05, 3.63) is 23.8 Å². The van der Waals surface area contributed by atoms with Gasteiger partial charge in [0.05, 0.1) is 36.8 Å². The summed E-state index contributed by atoms with van der Waals surface area (Å²) >= 11 is 0. The minimum atomic E-state index is -0.599. The van der Waals surface area contributed by atoms with Crippen LogP contribution in [-0.4, -0.2) is 44.3 Å². The van der Waals surface area contributed by atoms with Crippen molar-refractivity contribution in [1.29, 1.82) is 0 Å². The standard InChI is InChI=1S/C14H19N3O4/c1-2-21-14(19)9-3-4-10(15)11(7-9)17-5-6-20-8-12(17)13(16)18/h3-4,7,12H,2,5-6,8,15H2,1H3,(H2,16,18). The number of esters is 1. The predicted octanol–water partition coefficient (Wildman–Crippen LogP) is 0.136. The molecule has 0 radical (unpaired) electrons. The molecule has 0 aliphatic carbocycles. The molecule has 7 heteroatoms. The molecule has 1 fully saturated rings. The second-order valence-electron chi connectivity index (χ2n) is 4.68. The molecule has 0 saturated carbocycles. The highest BCUT2D eigenvalue weighted by molar-refractivity contribution is 5.93. The first-order valence-electron chi connectivity index (χ1n) is 6.75. The van der Waals surface area contributed by atoms with Gasteiger partial charge in [-0.1, -0.05) is 0 Å². The van der Waals surface area contributed by atoms with E-state index in [1.54, 1.807) is 30.0 Å². The molecule has 1 unspecified atom stereocenters. The average molecular weight is 293 g/mol. The summed E-state index contributed by atoms with van der Waals surface area (Å²) in [5.74, 6) is -0.918. The zero-order valence-electron chi connectivity index (χ0n) is 11.9. The van der Waals surface area contributed by atoms with Gasteiger partial charge in [-0.25, -0.2) is 4.79 Å². The Hall–Kier alpha value is -2.28. The number of nitrogens with zero attached hydrogens (tertiary/aromatic N) is 1. The number of nitrogen functional groups attached to an aromatic ring is 1. The minimum absolute atomic E-state index is 0.207. The molecule has 7 nitrogen and oxygen atoms in total. The van der Waals surface area contributed by atoms with Crippen LogP contribution in [0.2, 0.25) is 0 Å². The number of carbonyl (C=O) groups is 2. The first-order chi connectivity index (χ1) is 10.0. The summed E-state index contributed by atoms with van der Waals surface area (Å²) < 4.78 is 10.2. The Bertz CT molecular complexity index is 547. The van der Waals surface area contributed by atoms with E-state index < -0.39 is 17.9 Å². The largest absolute Gasteiger partial charge is 0.462 e. The number of anilines is 2. The summed E-state index contributed by atoms with van der Waals surface area (Å²) in [6.07, 6.45) is 0. The van der Waals surface area contributed by atoms with Crippen molar-refractivity contribution in [2.24, 2.45) is 5.73 Å². The molecule has 21 heavy (non-hydrogen) atoms. The molecule has 1 aliphatic heterocycles. The lowest BCUT2D eigenvalue weighted by Crippen LogP contribution is -2.52. The summed E-state index contributed by atoms with van der Waals surface area (Å²) in [6.45, 7) is 3.18. The molecule has 1 heterocycles. The summed E-state index contributed by atoms with van der Waals surface area (Å²) in [5, 5.41) is 0. The Labute approximate surface area is 122 Å². The Balaban J connectivity index is 2.34. The average Bonchev–Trinajstić information content (AvgIpc) is 2.48. The first kappa shape index (κ1) is 15.1. The Morgan fingerprint density at radius 3 is 2.90 bits per heavy atom. The second-order valence-corrected chi connectivity index (χ2v) is 4.68. The van der Waals surface area contributed by atoms with Gasteiger partial charge in [0.1, 0.15) is 6.04 Å². The molecule has 1 saturated heterocycles. The van der Waals surface area contributed by atoms with Crippen LogP contribution in [0.5, 0.6) is 0 Å². The monoisotopic (exact) mass is 293 g/mol. The van der Waals surface area contributed by atoms with Crippen LogP contribution in [-0.2, 0) is 14.3 Å². The molecular weight excluding hydrogens is 274 g/mol. The van der Waals surface area contributed by atoms with Crippen LogP contribution in [0.25, 0.3) is 0 Å². The van der Waals surface area contributed by atoms with E-state index in [1.165, 1.54) is 0 Å². The summed E-state index contributed by atoms with van der Waals surface area (Å²) in [4.78, 5) is 25.1. The number of benzene rings is 1. The van der Waals surface area contributed by atoms with Gasteiger partial charge in [0.15, 0.2) is 0 Å². The number of rotatable bonds is 4. The lowest BCUT2D eigenvalue weighted by atomic mass is 10.1. The van der Waals surface area contributed by atoms with Crippen LogP contribution < -0.4 is 16.4 Å². The van der Waals surface area contributed by atoms with E-state index in [4.69, 9.17) is 20.9 Å². The van der Waals surface area contributed by atoms with Crippen molar-refractivity contribution < 1.29 is 19.1 Å². The minimum Gasteiger partial charge on any atom is -0.462 e. The maximum absolute atomic E-state index is 11.8. The van der Waals surface area contributed by atoms with Crippen LogP contribution in [0.1, 0.15) is 17.3 Å². The van der Waals surface area contributed by atoms with Gasteiger partial charge >= 0.3 is 5.97 Å². The number of carbonyl (C=O) groups excluding carboxylic acids is 2. The zero-order chi connectivity index (χ0) is 15.4. The maximum Gasteiger partial charge on any atom is 0.338 e. The molecule has 0 aromatic heterocycles. The lowest BCUT2D eigenvalue weighted by Gasteiger charge is -2.36. The van der Waals surface area contributed by atoms with Gasteiger partial charge < -0.3 is 25.8 Å². The molecule has 1 aromatic rings. The molecule has 4 N–H and O–H groups in total. The fraction of sp³-hybridized carbons (Fsp3) is 0.429. The number of primary amides is 1. The van der Waals surface area contributed by atoms with Gasteiger partial charge in [-0.15, -0.1) is 0 Å². The smallest absolute Gasteiger partial charge is 0.338 e. The number of morpholine rings is 1. The summed E-state index contributed by atoms with van der Waals surface area (Å²) in [6, 6.07) is 4.23. The van der Waals surface area contributed by atoms with Crippen molar-refractivity contribution in [3.63, 3.8) is 0 Å². The predicted molar refractivity (Wildman–Crippen MR) is 78.0 cm³/mol. The Kier molecular flexibility index (Phi) is 4.64. The van der Waals surface area contributed by atoms with Crippen molar-refractivity contribution >= 4 is 23.3 Å². The zero-order valence-corrected chi connectivity index (χ0v) is 11.9. The number of amides is 1. The van der Waals surface area contributed by atoms with Gasteiger partial charge in [-0.05, 0) is 25.1 Å². The summed E-state index contributed by atoms with van der Waals surface area (Å²) in [7, 11) is 0. The number of ether oxygens (including phenoxy) is 2. The van der Waals surface area contributed by atoms with Gasteiger partial charge in [0, 0.05) is 6.54 Å². The Morgan fingerprint density at radius 1 is 1.48 bits per heavy atom. The van der Waals surface area contributed by atoms with E-state index >= 15 is 0 Å². The highest BCUT2D eigenvalue weighted by Gasteiger charge is 2.29. The van der Waals surface area contributed by atoms with Gasteiger partial charge in [0.25, 0.3) is 0 Å². The van der Waals surface area contributed by atoms with Crippen LogP contribution in [0.3, 0.4) is 0 Å². The first-order valence-corrected chi connectivity index (χ1v) is 6.75. The normalized spacial score (nSPS) is 18.3. The quantitative estimate of drug-likeness (QED) is 0.603.